The number of aromatic nitrogens is 1. The molecule has 1 aromatic heterocycles. The first-order valence-corrected chi connectivity index (χ1v) is 8.08. The SMILES string of the molecule is COCCN(CC(=O)O)C(=O)CCCc1ncc(-c2ccccc2)o1. The minimum atomic E-state index is -1.04. The molecule has 0 saturated heterocycles. The highest BCUT2D eigenvalue weighted by atomic mass is 16.5. The molecular formula is C18H22N2O5. The lowest BCUT2D eigenvalue weighted by atomic mass is 10.2. The van der Waals surface area contributed by atoms with Gasteiger partial charge in [0.05, 0.1) is 12.8 Å². The average molecular weight is 346 g/mol. The Morgan fingerprint density at radius 2 is 2.04 bits per heavy atom. The number of benzene rings is 1. The van der Waals surface area contributed by atoms with E-state index in [4.69, 9.17) is 14.3 Å². The van der Waals surface area contributed by atoms with Crippen molar-refractivity contribution in [3.63, 3.8) is 0 Å². The molecule has 7 nitrogen and oxygen atoms in total. The van der Waals surface area contributed by atoms with Gasteiger partial charge in [0.25, 0.3) is 0 Å². The van der Waals surface area contributed by atoms with Gasteiger partial charge in [-0.1, -0.05) is 30.3 Å². The van der Waals surface area contributed by atoms with Crippen molar-refractivity contribution >= 4 is 11.9 Å². The molecule has 2 rings (SSSR count). The summed E-state index contributed by atoms with van der Waals surface area (Å²) in [5, 5.41) is 8.89. The zero-order valence-electron chi connectivity index (χ0n) is 14.2. The number of methoxy groups -OCH3 is 1. The van der Waals surface area contributed by atoms with Gasteiger partial charge in [0.1, 0.15) is 6.54 Å². The summed E-state index contributed by atoms with van der Waals surface area (Å²) in [6, 6.07) is 9.65. The van der Waals surface area contributed by atoms with E-state index in [1.807, 2.05) is 30.3 Å². The second-order valence-electron chi connectivity index (χ2n) is 5.54. The highest BCUT2D eigenvalue weighted by Gasteiger charge is 2.16. The van der Waals surface area contributed by atoms with Crippen LogP contribution in [0.2, 0.25) is 0 Å². The topological polar surface area (TPSA) is 92.9 Å². The van der Waals surface area contributed by atoms with Crippen molar-refractivity contribution in [1.82, 2.24) is 9.88 Å². The minimum absolute atomic E-state index is 0.214. The smallest absolute Gasteiger partial charge is 0.323 e. The van der Waals surface area contributed by atoms with Crippen LogP contribution in [0.15, 0.2) is 40.9 Å². The van der Waals surface area contributed by atoms with E-state index < -0.39 is 5.97 Å². The van der Waals surface area contributed by atoms with Crippen LogP contribution in [0.4, 0.5) is 0 Å². The van der Waals surface area contributed by atoms with Crippen molar-refractivity contribution in [2.75, 3.05) is 26.8 Å². The maximum absolute atomic E-state index is 12.2. The van der Waals surface area contributed by atoms with Gasteiger partial charge in [0, 0.05) is 32.1 Å². The number of carboxylic acid groups (broad SMARTS) is 1. The summed E-state index contributed by atoms with van der Waals surface area (Å²) < 4.78 is 10.6. The van der Waals surface area contributed by atoms with Crippen LogP contribution < -0.4 is 0 Å². The number of aliphatic carboxylic acids is 1. The Balaban J connectivity index is 1.83. The summed E-state index contributed by atoms with van der Waals surface area (Å²) in [4.78, 5) is 28.5. The zero-order valence-corrected chi connectivity index (χ0v) is 14.2. The van der Waals surface area contributed by atoms with E-state index in [1.54, 1.807) is 6.20 Å². The Kier molecular flexibility index (Phi) is 7.16. The highest BCUT2D eigenvalue weighted by Crippen LogP contribution is 2.20. The lowest BCUT2D eigenvalue weighted by Crippen LogP contribution is -2.37. The molecule has 0 atom stereocenters. The number of oxazole rings is 1. The standard InChI is InChI=1S/C18H22N2O5/c1-24-11-10-20(13-18(22)23)17(21)9-5-8-16-19-12-15(25-16)14-6-3-2-4-7-14/h2-4,6-7,12H,5,8-11,13H2,1H3,(H,22,23). The molecule has 25 heavy (non-hydrogen) atoms. The molecule has 1 N–H and O–H groups in total. The average Bonchev–Trinajstić information content (AvgIpc) is 3.08. The predicted molar refractivity (Wildman–Crippen MR) is 91.0 cm³/mol. The molecule has 0 aliphatic heterocycles. The van der Waals surface area contributed by atoms with Gasteiger partial charge in [-0.05, 0) is 6.42 Å². The number of carbonyl (C=O) groups excluding carboxylic acids is 1. The summed E-state index contributed by atoms with van der Waals surface area (Å²) in [6.07, 6.45) is 2.96. The Morgan fingerprint density at radius 3 is 2.72 bits per heavy atom. The summed E-state index contributed by atoms with van der Waals surface area (Å²) in [5.41, 5.74) is 0.949. The Morgan fingerprint density at radius 1 is 1.28 bits per heavy atom. The van der Waals surface area contributed by atoms with Crippen molar-refractivity contribution in [1.29, 1.82) is 0 Å². The van der Waals surface area contributed by atoms with Crippen LogP contribution in [-0.4, -0.2) is 53.7 Å². The molecule has 1 heterocycles. The molecule has 2 aromatic rings. The molecule has 7 heteroatoms. The van der Waals surface area contributed by atoms with Crippen LogP contribution in [-0.2, 0) is 20.7 Å². The molecule has 0 radical (unpaired) electrons. The van der Waals surface area contributed by atoms with E-state index in [1.165, 1.54) is 12.0 Å². The number of carbonyl (C=O) groups is 2. The maximum atomic E-state index is 12.2. The van der Waals surface area contributed by atoms with Crippen molar-refractivity contribution in [3.8, 4) is 11.3 Å². The predicted octanol–water partition coefficient (Wildman–Crippen LogP) is 2.22. The van der Waals surface area contributed by atoms with Gasteiger partial charge >= 0.3 is 5.97 Å². The van der Waals surface area contributed by atoms with Crippen molar-refractivity contribution in [3.05, 3.63) is 42.4 Å². The van der Waals surface area contributed by atoms with Gasteiger partial charge in [-0.2, -0.15) is 0 Å². The number of carboxylic acids is 1. The fraction of sp³-hybridized carbons (Fsp3) is 0.389. The number of rotatable bonds is 10. The zero-order chi connectivity index (χ0) is 18.1. The number of hydrogen-bond donors (Lipinski definition) is 1. The summed E-state index contributed by atoms with van der Waals surface area (Å²) in [7, 11) is 1.51. The van der Waals surface area contributed by atoms with Crippen LogP contribution in [0.25, 0.3) is 11.3 Å². The molecular weight excluding hydrogens is 324 g/mol. The molecule has 0 fully saturated rings. The van der Waals surface area contributed by atoms with Crippen LogP contribution in [0.3, 0.4) is 0 Å². The lowest BCUT2D eigenvalue weighted by molar-refractivity contribution is -0.144. The first-order chi connectivity index (χ1) is 12.1. The number of hydrogen-bond acceptors (Lipinski definition) is 5. The molecule has 0 unspecified atom stereocenters. The molecule has 0 aliphatic carbocycles. The first kappa shape index (κ1) is 18.7. The number of aryl methyl sites for hydroxylation is 1. The van der Waals surface area contributed by atoms with Crippen LogP contribution in [0.5, 0.6) is 0 Å². The van der Waals surface area contributed by atoms with Crippen molar-refractivity contribution in [2.24, 2.45) is 0 Å². The van der Waals surface area contributed by atoms with Crippen LogP contribution in [0, 0.1) is 0 Å². The number of amides is 1. The summed E-state index contributed by atoms with van der Waals surface area (Å²) in [6.45, 7) is 0.247. The van der Waals surface area contributed by atoms with Gasteiger partial charge in [-0.15, -0.1) is 0 Å². The Labute approximate surface area is 146 Å². The minimum Gasteiger partial charge on any atom is -0.480 e. The number of nitrogens with zero attached hydrogens (tertiary/aromatic N) is 2. The Hall–Kier alpha value is -2.67. The van der Waals surface area contributed by atoms with E-state index in [-0.39, 0.29) is 25.4 Å². The van der Waals surface area contributed by atoms with Crippen molar-refractivity contribution in [2.45, 2.75) is 19.3 Å². The third-order valence-corrected chi connectivity index (χ3v) is 3.64. The summed E-state index contributed by atoms with van der Waals surface area (Å²) in [5.74, 6) is 0.00167. The summed E-state index contributed by atoms with van der Waals surface area (Å²) >= 11 is 0. The van der Waals surface area contributed by atoms with E-state index in [2.05, 4.69) is 4.98 Å². The van der Waals surface area contributed by atoms with E-state index >= 15 is 0 Å². The second kappa shape index (κ2) is 9.58. The highest BCUT2D eigenvalue weighted by molar-refractivity contribution is 5.81. The fourth-order valence-corrected chi connectivity index (χ4v) is 2.37. The molecule has 0 bridgehead atoms. The molecule has 0 saturated carbocycles. The second-order valence-corrected chi connectivity index (χ2v) is 5.54. The monoisotopic (exact) mass is 346 g/mol. The van der Waals surface area contributed by atoms with Crippen LogP contribution >= 0.6 is 0 Å². The first-order valence-electron chi connectivity index (χ1n) is 8.08. The van der Waals surface area contributed by atoms with Crippen LogP contribution in [0.1, 0.15) is 18.7 Å². The normalized spacial score (nSPS) is 10.6. The van der Waals surface area contributed by atoms with E-state index in [0.717, 1.165) is 5.56 Å². The molecule has 0 spiro atoms. The quantitative estimate of drug-likeness (QED) is 0.709. The largest absolute Gasteiger partial charge is 0.480 e. The molecule has 1 aromatic carbocycles. The van der Waals surface area contributed by atoms with Gasteiger partial charge in [0.15, 0.2) is 11.7 Å². The molecule has 1 amide bonds. The van der Waals surface area contributed by atoms with E-state index in [0.29, 0.717) is 31.1 Å². The van der Waals surface area contributed by atoms with Crippen molar-refractivity contribution < 1.29 is 23.8 Å². The van der Waals surface area contributed by atoms with E-state index in [9.17, 15) is 9.59 Å². The molecule has 0 aliphatic rings. The van der Waals surface area contributed by atoms with Gasteiger partial charge in [0.2, 0.25) is 5.91 Å². The third kappa shape index (κ3) is 6.04. The lowest BCUT2D eigenvalue weighted by Gasteiger charge is -2.20. The maximum Gasteiger partial charge on any atom is 0.323 e. The fourth-order valence-electron chi connectivity index (χ4n) is 2.37. The van der Waals surface area contributed by atoms with Gasteiger partial charge in [-0.25, -0.2) is 4.98 Å². The molecule has 134 valence electrons. The van der Waals surface area contributed by atoms with Gasteiger partial charge < -0.3 is 19.2 Å². The third-order valence-electron chi connectivity index (χ3n) is 3.64. The number of ether oxygens (including phenoxy) is 1. The van der Waals surface area contributed by atoms with Gasteiger partial charge in [-0.3, -0.25) is 9.59 Å². The Bertz CT molecular complexity index is 684.